The van der Waals surface area contributed by atoms with E-state index >= 15 is 0 Å². The highest BCUT2D eigenvalue weighted by Crippen LogP contribution is 2.45. The van der Waals surface area contributed by atoms with Crippen LogP contribution in [0.5, 0.6) is 5.75 Å². The van der Waals surface area contributed by atoms with Crippen molar-refractivity contribution in [3.63, 3.8) is 0 Å². The third-order valence-corrected chi connectivity index (χ3v) is 8.09. The molecule has 1 saturated heterocycles. The quantitative estimate of drug-likeness (QED) is 0.341. The lowest BCUT2D eigenvalue weighted by Gasteiger charge is -2.39. The fourth-order valence-electron chi connectivity index (χ4n) is 4.28. The third kappa shape index (κ3) is 8.05. The molecule has 0 aliphatic carbocycles. The second kappa shape index (κ2) is 11.6. The summed E-state index contributed by atoms with van der Waals surface area (Å²) < 4.78 is 17.6. The lowest BCUT2D eigenvalue weighted by Crippen LogP contribution is -2.44. The van der Waals surface area contributed by atoms with E-state index in [4.69, 9.17) is 33.1 Å². The number of hydrogen-bond donors (Lipinski definition) is 2. The van der Waals surface area contributed by atoms with Crippen molar-refractivity contribution in [2.24, 2.45) is 11.1 Å². The molecule has 0 aromatic heterocycles. The van der Waals surface area contributed by atoms with Crippen molar-refractivity contribution in [2.45, 2.75) is 69.6 Å². The fraction of sp³-hybridized carbons (Fsp3) is 0.625. The van der Waals surface area contributed by atoms with Crippen molar-refractivity contribution in [3.05, 3.63) is 40.4 Å². The van der Waals surface area contributed by atoms with E-state index in [1.165, 1.54) is 0 Å². The number of nitrogens with two attached hydrogens (primary N) is 1. The number of carbonyl (C=O) groups is 1. The van der Waals surface area contributed by atoms with Crippen molar-refractivity contribution in [2.75, 3.05) is 19.7 Å². The molecular weight excluding hydrogens is 483 g/mol. The van der Waals surface area contributed by atoms with Gasteiger partial charge in [0, 0.05) is 36.9 Å². The van der Waals surface area contributed by atoms with Gasteiger partial charge in [-0.3, -0.25) is 4.79 Å². The van der Waals surface area contributed by atoms with E-state index < -0.39 is 21.7 Å². The summed E-state index contributed by atoms with van der Waals surface area (Å²) in [5.41, 5.74) is -0.144. The highest BCUT2D eigenvalue weighted by Gasteiger charge is 2.40. The maximum Gasteiger partial charge on any atom is 0.225 e. The Kier molecular flexibility index (Phi) is 9.98. The van der Waals surface area contributed by atoms with Crippen molar-refractivity contribution in [3.8, 4) is 5.75 Å². The van der Waals surface area contributed by atoms with Gasteiger partial charge in [-0.15, -0.1) is 0 Å². The van der Waals surface area contributed by atoms with Crippen molar-refractivity contribution in [1.82, 2.24) is 4.90 Å². The first-order valence-electron chi connectivity index (χ1n) is 11.1. The molecule has 0 radical (unpaired) electrons. The molecular formula is C24H36Cl2N2O4S. The molecule has 1 aliphatic rings. The van der Waals surface area contributed by atoms with E-state index in [1.54, 1.807) is 26.0 Å². The van der Waals surface area contributed by atoms with E-state index in [9.17, 15) is 14.5 Å². The average Bonchev–Trinajstić information content (AvgIpc) is 2.71. The fourth-order valence-corrected chi connectivity index (χ4v) is 4.95. The van der Waals surface area contributed by atoms with Gasteiger partial charge in [-0.25, -0.2) is 0 Å². The van der Waals surface area contributed by atoms with Crippen LogP contribution in [0, 0.1) is 5.92 Å². The van der Waals surface area contributed by atoms with Gasteiger partial charge in [-0.2, -0.15) is 5.14 Å². The number of hydrogen-bond acceptors (Lipinski definition) is 5. The summed E-state index contributed by atoms with van der Waals surface area (Å²) in [7, 11) is 0. The van der Waals surface area contributed by atoms with Gasteiger partial charge in [0.25, 0.3) is 0 Å². The van der Waals surface area contributed by atoms with E-state index in [0.717, 1.165) is 18.4 Å². The van der Waals surface area contributed by atoms with E-state index in [2.05, 4.69) is 6.58 Å². The monoisotopic (exact) mass is 518 g/mol. The molecule has 2 unspecified atom stereocenters. The lowest BCUT2D eigenvalue weighted by molar-refractivity contribution is -0.136. The predicted octanol–water partition coefficient (Wildman–Crippen LogP) is 4.83. The normalized spacial score (nSPS) is 17.5. The molecule has 3 N–H and O–H groups in total. The van der Waals surface area contributed by atoms with Gasteiger partial charge in [0.15, 0.2) is 0 Å². The van der Waals surface area contributed by atoms with Crippen LogP contribution < -0.4 is 9.88 Å². The Morgan fingerprint density at radius 3 is 2.42 bits per heavy atom. The number of rotatable bonds is 10. The van der Waals surface area contributed by atoms with E-state index in [1.807, 2.05) is 24.8 Å². The smallest absolute Gasteiger partial charge is 0.225 e. The molecule has 0 bridgehead atoms. The molecule has 1 heterocycles. The van der Waals surface area contributed by atoms with Gasteiger partial charge < -0.3 is 19.3 Å². The highest BCUT2D eigenvalue weighted by atomic mass is 35.5. The minimum atomic E-state index is -1.53. The molecule has 2 atom stereocenters. The van der Waals surface area contributed by atoms with Crippen molar-refractivity contribution < 1.29 is 19.2 Å². The zero-order chi connectivity index (χ0) is 25.0. The van der Waals surface area contributed by atoms with E-state index in [0.29, 0.717) is 41.9 Å². The van der Waals surface area contributed by atoms with E-state index in [-0.39, 0.29) is 24.2 Å². The molecule has 0 spiro atoms. The second-order valence-electron chi connectivity index (χ2n) is 9.98. The molecule has 186 valence electrons. The van der Waals surface area contributed by atoms with Crippen LogP contribution in [0.3, 0.4) is 0 Å². The van der Waals surface area contributed by atoms with Crippen molar-refractivity contribution >= 4 is 40.5 Å². The summed E-state index contributed by atoms with van der Waals surface area (Å²) in [4.78, 5) is 14.4. The summed E-state index contributed by atoms with van der Waals surface area (Å²) in [5.74, 6) is 0.717. The molecule has 1 fully saturated rings. The van der Waals surface area contributed by atoms with Crippen LogP contribution in [0.1, 0.15) is 64.9 Å². The highest BCUT2D eigenvalue weighted by molar-refractivity contribution is 7.90. The molecule has 0 saturated carbocycles. The Labute approximate surface area is 210 Å². The molecule has 6 nitrogen and oxygen atoms in total. The number of piperidine rings is 1. The number of likely N-dealkylation sites (tertiary alicyclic amines) is 1. The number of ether oxygens (including phenoxy) is 1. The SMILES string of the molecule is C=CCOc1cc(Cl)c(Cl)cc1C(CC(C)(C)[S+](N)[O-])C1CCN(C(=O)CC(C)(C)O)CC1. The molecule has 33 heavy (non-hydrogen) atoms. The second-order valence-corrected chi connectivity index (χ2v) is 12.5. The molecule has 1 amide bonds. The Bertz CT molecular complexity index is 834. The van der Waals surface area contributed by atoms with Gasteiger partial charge in [-0.05, 0) is 64.0 Å². The summed E-state index contributed by atoms with van der Waals surface area (Å²) in [6, 6.07) is 3.54. The van der Waals surface area contributed by atoms with Gasteiger partial charge in [0.1, 0.15) is 17.1 Å². The summed E-state index contributed by atoms with van der Waals surface area (Å²) in [6.07, 6.45) is 3.83. The van der Waals surface area contributed by atoms with Crippen LogP contribution in [0.2, 0.25) is 10.0 Å². The molecule has 1 aliphatic heterocycles. The Morgan fingerprint density at radius 2 is 1.91 bits per heavy atom. The Hall–Kier alpha value is -0.960. The Balaban J connectivity index is 2.35. The molecule has 1 aromatic rings. The number of nitrogens with zero attached hydrogens (tertiary/aromatic N) is 1. The lowest BCUT2D eigenvalue weighted by atomic mass is 9.75. The summed E-state index contributed by atoms with van der Waals surface area (Å²) in [5, 5.41) is 16.6. The number of benzene rings is 1. The van der Waals surface area contributed by atoms with Gasteiger partial charge >= 0.3 is 0 Å². The van der Waals surface area contributed by atoms with Gasteiger partial charge in [0.05, 0.1) is 22.1 Å². The summed E-state index contributed by atoms with van der Waals surface area (Å²) in [6.45, 7) is 12.3. The maximum atomic E-state index is 12.6. The average molecular weight is 520 g/mol. The Morgan fingerprint density at radius 1 is 1.33 bits per heavy atom. The van der Waals surface area contributed by atoms with Crippen LogP contribution in [0.25, 0.3) is 0 Å². The van der Waals surface area contributed by atoms with Crippen LogP contribution in [-0.4, -0.2) is 50.5 Å². The number of amides is 1. The number of aliphatic hydroxyl groups is 1. The standard InChI is InChI=1S/C24H36Cl2N2O4S/c1-6-11-32-21-13-20(26)19(25)12-17(21)18(14-24(4,5)33(27)31)16-7-9-28(10-8-16)22(29)15-23(2,3)30/h6,12-13,16,18,30H,1,7-11,14-15,27H2,2-5H3. The zero-order valence-electron chi connectivity index (χ0n) is 19.9. The number of halogens is 2. The van der Waals surface area contributed by atoms with Crippen LogP contribution in [0.4, 0.5) is 0 Å². The molecule has 9 heteroatoms. The first kappa shape index (κ1) is 28.3. The van der Waals surface area contributed by atoms with Gasteiger partial charge in [0.2, 0.25) is 5.91 Å². The first-order chi connectivity index (χ1) is 15.2. The minimum absolute atomic E-state index is 0.0476. The predicted molar refractivity (Wildman–Crippen MR) is 136 cm³/mol. The maximum absolute atomic E-state index is 12.6. The van der Waals surface area contributed by atoms with Crippen LogP contribution in [0.15, 0.2) is 24.8 Å². The van der Waals surface area contributed by atoms with Crippen LogP contribution in [-0.2, 0) is 16.2 Å². The minimum Gasteiger partial charge on any atom is -0.598 e. The van der Waals surface area contributed by atoms with Crippen molar-refractivity contribution in [1.29, 1.82) is 0 Å². The molecule has 1 aromatic carbocycles. The zero-order valence-corrected chi connectivity index (χ0v) is 22.2. The third-order valence-electron chi connectivity index (χ3n) is 6.11. The molecule has 2 rings (SSSR count). The largest absolute Gasteiger partial charge is 0.598 e. The number of carbonyl (C=O) groups excluding carboxylic acids is 1. The topological polar surface area (TPSA) is 98.9 Å². The first-order valence-corrected chi connectivity index (χ1v) is 13.1. The van der Waals surface area contributed by atoms with Gasteiger partial charge in [-0.1, -0.05) is 35.9 Å². The summed E-state index contributed by atoms with van der Waals surface area (Å²) >= 11 is 11.1. The van der Waals surface area contributed by atoms with Crippen LogP contribution >= 0.6 is 23.2 Å².